The van der Waals surface area contributed by atoms with E-state index in [1.165, 1.54) is 0 Å². The van der Waals surface area contributed by atoms with Gasteiger partial charge in [-0.15, -0.1) is 0 Å². The second-order valence-corrected chi connectivity index (χ2v) is 5.65. The van der Waals surface area contributed by atoms with Gasteiger partial charge in [0.15, 0.2) is 0 Å². The zero-order valence-electron chi connectivity index (χ0n) is 13.4. The Balaban J connectivity index is 2.84. The maximum absolute atomic E-state index is 12.5. The van der Waals surface area contributed by atoms with E-state index in [1.807, 2.05) is 44.9 Å². The van der Waals surface area contributed by atoms with E-state index in [1.54, 1.807) is 6.07 Å². The molecule has 0 spiro atoms. The highest BCUT2D eigenvalue weighted by molar-refractivity contribution is 5.95. The monoisotopic (exact) mass is 293 g/mol. The molecule has 1 rings (SSSR count). The number of hydrogen-bond acceptors (Lipinski definition) is 4. The number of aryl methyl sites for hydroxylation is 1. The molecular formula is C16H27N3O2. The van der Waals surface area contributed by atoms with Gasteiger partial charge in [-0.25, -0.2) is 0 Å². The van der Waals surface area contributed by atoms with Gasteiger partial charge < -0.3 is 16.2 Å². The minimum atomic E-state index is -0.288. The first-order valence-electron chi connectivity index (χ1n) is 7.41. The Morgan fingerprint density at radius 3 is 2.57 bits per heavy atom. The summed E-state index contributed by atoms with van der Waals surface area (Å²) in [4.78, 5) is 14.3. The van der Waals surface area contributed by atoms with E-state index in [9.17, 15) is 4.79 Å². The molecule has 0 aliphatic carbocycles. The highest BCUT2D eigenvalue weighted by atomic mass is 16.3. The first-order chi connectivity index (χ1) is 9.90. The maximum Gasteiger partial charge on any atom is 0.241 e. The first-order valence-corrected chi connectivity index (χ1v) is 7.41. The average Bonchev–Trinajstić information content (AvgIpc) is 2.38. The van der Waals surface area contributed by atoms with E-state index >= 15 is 0 Å². The number of anilines is 2. The molecule has 0 aromatic heterocycles. The third-order valence-corrected chi connectivity index (χ3v) is 3.62. The minimum Gasteiger partial charge on any atom is -0.398 e. The van der Waals surface area contributed by atoms with Crippen LogP contribution in [0.2, 0.25) is 0 Å². The van der Waals surface area contributed by atoms with Crippen LogP contribution in [-0.4, -0.2) is 42.2 Å². The second kappa shape index (κ2) is 8.00. The summed E-state index contributed by atoms with van der Waals surface area (Å²) in [7, 11) is 1.84. The van der Waals surface area contributed by atoms with Gasteiger partial charge in [0.25, 0.3) is 0 Å². The van der Waals surface area contributed by atoms with Crippen LogP contribution in [-0.2, 0) is 11.2 Å². The lowest BCUT2D eigenvalue weighted by Gasteiger charge is -2.29. The summed E-state index contributed by atoms with van der Waals surface area (Å²) in [6.45, 7) is 6.53. The number of aliphatic hydroxyl groups is 1. The van der Waals surface area contributed by atoms with E-state index in [-0.39, 0.29) is 24.5 Å². The predicted molar refractivity (Wildman–Crippen MR) is 87.2 cm³/mol. The van der Waals surface area contributed by atoms with Crippen LogP contribution in [0.1, 0.15) is 26.3 Å². The smallest absolute Gasteiger partial charge is 0.241 e. The summed E-state index contributed by atoms with van der Waals surface area (Å²) in [6, 6.07) is 5.31. The number of carbonyl (C=O) groups excluding carboxylic acids is 1. The molecule has 1 atom stereocenters. The van der Waals surface area contributed by atoms with E-state index in [0.29, 0.717) is 17.9 Å². The molecular weight excluding hydrogens is 266 g/mol. The second-order valence-electron chi connectivity index (χ2n) is 5.65. The molecule has 0 aliphatic heterocycles. The molecule has 5 nitrogen and oxygen atoms in total. The normalized spacial score (nSPS) is 12.7. The number of nitrogens with zero attached hydrogens (tertiary/aromatic N) is 1. The molecule has 1 aromatic carbocycles. The number of nitrogens with two attached hydrogens (primary N) is 1. The van der Waals surface area contributed by atoms with Gasteiger partial charge in [0.05, 0.1) is 12.6 Å². The van der Waals surface area contributed by atoms with Crippen LogP contribution in [0.25, 0.3) is 0 Å². The van der Waals surface area contributed by atoms with Crippen molar-refractivity contribution < 1.29 is 9.90 Å². The van der Waals surface area contributed by atoms with Crippen molar-refractivity contribution in [2.24, 2.45) is 5.92 Å². The van der Waals surface area contributed by atoms with Crippen LogP contribution >= 0.6 is 0 Å². The fourth-order valence-electron chi connectivity index (χ4n) is 2.52. The van der Waals surface area contributed by atoms with Crippen molar-refractivity contribution in [1.29, 1.82) is 0 Å². The molecule has 1 aromatic rings. The Morgan fingerprint density at radius 2 is 2.10 bits per heavy atom. The number of likely N-dealkylation sites (N-methyl/N-ethyl adjacent to an activating group) is 1. The fourth-order valence-corrected chi connectivity index (χ4v) is 2.52. The van der Waals surface area contributed by atoms with Gasteiger partial charge in [0.2, 0.25) is 5.91 Å². The van der Waals surface area contributed by atoms with Crippen LogP contribution in [0.15, 0.2) is 18.2 Å². The Morgan fingerprint density at radius 1 is 1.43 bits per heavy atom. The lowest BCUT2D eigenvalue weighted by Crippen LogP contribution is -2.46. The van der Waals surface area contributed by atoms with Crippen molar-refractivity contribution in [3.63, 3.8) is 0 Å². The molecule has 1 amide bonds. The topological polar surface area (TPSA) is 78.6 Å². The number of rotatable bonds is 7. The van der Waals surface area contributed by atoms with Gasteiger partial charge >= 0.3 is 0 Å². The Bertz CT molecular complexity index is 475. The number of benzene rings is 1. The molecule has 0 radical (unpaired) electrons. The fraction of sp³-hybridized carbons (Fsp3) is 0.562. The lowest BCUT2D eigenvalue weighted by molar-refractivity contribution is -0.122. The van der Waals surface area contributed by atoms with Gasteiger partial charge in [-0.05, 0) is 37.1 Å². The largest absolute Gasteiger partial charge is 0.398 e. The van der Waals surface area contributed by atoms with Gasteiger partial charge in [-0.2, -0.15) is 0 Å². The Labute approximate surface area is 127 Å². The molecule has 0 saturated carbocycles. The molecule has 0 aliphatic rings. The van der Waals surface area contributed by atoms with Gasteiger partial charge in [0.1, 0.15) is 0 Å². The molecule has 0 bridgehead atoms. The van der Waals surface area contributed by atoms with E-state index < -0.39 is 0 Å². The van der Waals surface area contributed by atoms with Crippen LogP contribution in [0.4, 0.5) is 11.4 Å². The summed E-state index contributed by atoms with van der Waals surface area (Å²) in [5, 5.41) is 12.0. The first kappa shape index (κ1) is 17.5. The number of aliphatic hydroxyl groups excluding tert-OH is 1. The zero-order chi connectivity index (χ0) is 16.0. The molecule has 118 valence electrons. The Kier molecular flexibility index (Phi) is 6.65. The number of carbonyl (C=O) groups is 1. The van der Waals surface area contributed by atoms with Crippen molar-refractivity contribution >= 4 is 17.3 Å². The van der Waals surface area contributed by atoms with Crippen LogP contribution in [0.3, 0.4) is 0 Å². The van der Waals surface area contributed by atoms with Crippen molar-refractivity contribution in [3.8, 4) is 0 Å². The summed E-state index contributed by atoms with van der Waals surface area (Å²) in [6.07, 6.45) is 0.869. The Hall–Kier alpha value is -1.59. The summed E-state index contributed by atoms with van der Waals surface area (Å²) >= 11 is 0. The third-order valence-electron chi connectivity index (χ3n) is 3.62. The predicted octanol–water partition coefficient (Wildman–Crippen LogP) is 1.72. The summed E-state index contributed by atoms with van der Waals surface area (Å²) in [5.41, 5.74) is 8.43. The van der Waals surface area contributed by atoms with Crippen molar-refractivity contribution in [2.45, 2.75) is 33.2 Å². The molecule has 0 saturated heterocycles. The standard InChI is InChI=1S/C16H27N3O2/c1-5-12-6-7-13(10-14(12)17)18-16(21)15(11(2)3)19(4)8-9-20/h6-7,10-11,15,20H,5,8-9,17H2,1-4H3,(H,18,21). The molecule has 1 unspecified atom stereocenters. The van der Waals surface area contributed by atoms with E-state index in [4.69, 9.17) is 10.8 Å². The van der Waals surface area contributed by atoms with Crippen LogP contribution in [0, 0.1) is 5.92 Å². The molecule has 21 heavy (non-hydrogen) atoms. The van der Waals surface area contributed by atoms with Gasteiger partial charge in [0, 0.05) is 17.9 Å². The lowest BCUT2D eigenvalue weighted by atomic mass is 10.0. The van der Waals surface area contributed by atoms with Crippen LogP contribution in [0.5, 0.6) is 0 Å². The van der Waals surface area contributed by atoms with Crippen molar-refractivity contribution in [3.05, 3.63) is 23.8 Å². The van der Waals surface area contributed by atoms with Crippen molar-refractivity contribution in [2.75, 3.05) is 31.2 Å². The average molecular weight is 293 g/mol. The van der Waals surface area contributed by atoms with E-state index in [0.717, 1.165) is 12.0 Å². The minimum absolute atomic E-state index is 0.0329. The zero-order valence-corrected chi connectivity index (χ0v) is 13.4. The maximum atomic E-state index is 12.5. The van der Waals surface area contributed by atoms with Crippen LogP contribution < -0.4 is 11.1 Å². The quantitative estimate of drug-likeness (QED) is 0.669. The molecule has 5 heteroatoms. The SMILES string of the molecule is CCc1ccc(NC(=O)C(C(C)C)N(C)CCO)cc1N. The highest BCUT2D eigenvalue weighted by Crippen LogP contribution is 2.20. The van der Waals surface area contributed by atoms with E-state index in [2.05, 4.69) is 5.32 Å². The molecule has 0 heterocycles. The summed E-state index contributed by atoms with van der Waals surface area (Å²) in [5.74, 6) is 0.0680. The number of nitrogens with one attached hydrogen (secondary N) is 1. The number of nitrogen functional groups attached to an aromatic ring is 1. The van der Waals surface area contributed by atoms with Crippen molar-refractivity contribution in [1.82, 2.24) is 4.90 Å². The number of hydrogen-bond donors (Lipinski definition) is 3. The molecule has 0 fully saturated rings. The van der Waals surface area contributed by atoms with Gasteiger partial charge in [-0.1, -0.05) is 26.8 Å². The number of amides is 1. The highest BCUT2D eigenvalue weighted by Gasteiger charge is 2.26. The van der Waals surface area contributed by atoms with Gasteiger partial charge in [-0.3, -0.25) is 9.69 Å². The molecule has 4 N–H and O–H groups in total. The summed E-state index contributed by atoms with van der Waals surface area (Å²) < 4.78 is 0. The third kappa shape index (κ3) is 4.72.